The summed E-state index contributed by atoms with van der Waals surface area (Å²) in [7, 11) is 1.28. The minimum atomic E-state index is -0.547. The average molecular weight is 357 g/mol. The van der Waals surface area contributed by atoms with Crippen LogP contribution in [0.2, 0.25) is 0 Å². The molecule has 0 aliphatic rings. The molecule has 25 heavy (non-hydrogen) atoms. The van der Waals surface area contributed by atoms with Crippen LogP contribution >= 0.6 is 11.8 Å². The highest BCUT2D eigenvalue weighted by molar-refractivity contribution is 7.98. The molecule has 0 unspecified atom stereocenters. The Kier molecular flexibility index (Phi) is 4.99. The van der Waals surface area contributed by atoms with Crippen LogP contribution < -0.4 is 5.69 Å². The zero-order chi connectivity index (χ0) is 17.8. The lowest BCUT2D eigenvalue weighted by molar-refractivity contribution is 0.0594. The fourth-order valence-electron chi connectivity index (χ4n) is 2.27. The van der Waals surface area contributed by atoms with Crippen LogP contribution in [0.5, 0.6) is 0 Å². The number of methoxy groups -OCH3 is 1. The lowest BCUT2D eigenvalue weighted by atomic mass is 10.2. The minimum Gasteiger partial charge on any atom is -0.465 e. The van der Waals surface area contributed by atoms with Crippen LogP contribution in [0.4, 0.5) is 0 Å². The van der Waals surface area contributed by atoms with Crippen molar-refractivity contribution in [2.24, 2.45) is 0 Å². The van der Waals surface area contributed by atoms with Gasteiger partial charge in [0.1, 0.15) is 10.6 Å². The average Bonchev–Trinajstić information content (AvgIpc) is 3.08. The minimum absolute atomic E-state index is 0.249. The molecule has 3 aromatic rings. The molecule has 0 radical (unpaired) electrons. The normalized spacial score (nSPS) is 10.6. The van der Waals surface area contributed by atoms with Gasteiger partial charge in [-0.3, -0.25) is 0 Å². The Bertz CT molecular complexity index is 950. The molecule has 128 valence electrons. The van der Waals surface area contributed by atoms with Crippen molar-refractivity contribution in [3.8, 4) is 11.3 Å². The van der Waals surface area contributed by atoms with Crippen molar-refractivity contribution in [1.29, 1.82) is 0 Å². The van der Waals surface area contributed by atoms with Gasteiger partial charge in [0.05, 0.1) is 12.8 Å². The van der Waals surface area contributed by atoms with Gasteiger partial charge in [0.2, 0.25) is 0 Å². The molecule has 2 aromatic heterocycles. The molecule has 0 fully saturated rings. The van der Waals surface area contributed by atoms with Crippen molar-refractivity contribution in [3.05, 3.63) is 63.8 Å². The maximum absolute atomic E-state index is 11.9. The second-order valence-electron chi connectivity index (χ2n) is 5.18. The third-order valence-corrected chi connectivity index (χ3v) is 4.46. The molecule has 1 N–H and O–H groups in total. The van der Waals surface area contributed by atoms with Crippen molar-refractivity contribution in [2.45, 2.75) is 17.7 Å². The highest BCUT2D eigenvalue weighted by Gasteiger charge is 2.19. The van der Waals surface area contributed by atoms with Gasteiger partial charge in [-0.2, -0.15) is 4.98 Å². The largest absolute Gasteiger partial charge is 0.465 e. The number of aromatic nitrogens is 3. The molecule has 0 amide bonds. The molecule has 0 aliphatic carbocycles. The molecule has 8 heteroatoms. The number of nitrogens with zero attached hydrogens (tertiary/aromatic N) is 2. The van der Waals surface area contributed by atoms with E-state index in [1.165, 1.54) is 18.9 Å². The fraction of sp³-hybridized carbons (Fsp3) is 0.176. The molecule has 0 saturated carbocycles. The van der Waals surface area contributed by atoms with Crippen molar-refractivity contribution in [2.75, 3.05) is 7.11 Å². The van der Waals surface area contributed by atoms with Crippen LogP contribution in [0.25, 0.3) is 11.3 Å². The van der Waals surface area contributed by atoms with Crippen molar-refractivity contribution in [1.82, 2.24) is 15.1 Å². The van der Waals surface area contributed by atoms with E-state index in [1.54, 1.807) is 6.92 Å². The standard InChI is InChI=1S/C17H15N3O4S/c1-10-14(16(21)23-2)15(19-17(22)18-10)25-9-12-8-13(24-20-12)11-6-4-3-5-7-11/h3-8H,9H2,1-2H3,(H,18,19,22). The number of aromatic amines is 1. The Hall–Kier alpha value is -2.87. The van der Waals surface area contributed by atoms with Crippen LogP contribution in [0.1, 0.15) is 21.7 Å². The van der Waals surface area contributed by atoms with Crippen molar-refractivity contribution < 1.29 is 14.1 Å². The van der Waals surface area contributed by atoms with E-state index >= 15 is 0 Å². The first-order valence-corrected chi connectivity index (χ1v) is 8.40. The number of rotatable bonds is 5. The fourth-order valence-corrected chi connectivity index (χ4v) is 3.22. The summed E-state index contributed by atoms with van der Waals surface area (Å²) >= 11 is 1.23. The van der Waals surface area contributed by atoms with Crippen LogP contribution in [-0.2, 0) is 10.5 Å². The monoisotopic (exact) mass is 357 g/mol. The summed E-state index contributed by atoms with van der Waals surface area (Å²) in [4.78, 5) is 29.9. The van der Waals surface area contributed by atoms with E-state index in [-0.39, 0.29) is 5.56 Å². The smallest absolute Gasteiger partial charge is 0.346 e. The SMILES string of the molecule is COC(=O)c1c(SCc2cc(-c3ccccc3)on2)nc(=O)[nH]c1C. The van der Waals surface area contributed by atoms with E-state index in [1.807, 2.05) is 36.4 Å². The van der Waals surface area contributed by atoms with Crippen LogP contribution in [-0.4, -0.2) is 28.2 Å². The number of esters is 1. The molecule has 0 saturated heterocycles. The Labute approximate surface area is 147 Å². The summed E-state index contributed by atoms with van der Waals surface area (Å²) in [5, 5.41) is 4.32. The van der Waals surface area contributed by atoms with E-state index in [0.717, 1.165) is 5.56 Å². The van der Waals surface area contributed by atoms with Gasteiger partial charge in [-0.15, -0.1) is 0 Å². The molecule has 2 heterocycles. The van der Waals surface area contributed by atoms with Gasteiger partial charge in [0, 0.05) is 23.1 Å². The number of hydrogen-bond donors (Lipinski definition) is 1. The van der Waals surface area contributed by atoms with Gasteiger partial charge in [-0.25, -0.2) is 9.59 Å². The first kappa shape index (κ1) is 17.0. The highest BCUT2D eigenvalue weighted by Crippen LogP contribution is 2.27. The maximum atomic E-state index is 11.9. The summed E-state index contributed by atoms with van der Waals surface area (Å²) in [5.74, 6) is 0.504. The van der Waals surface area contributed by atoms with Crippen LogP contribution in [0.3, 0.4) is 0 Å². The van der Waals surface area contributed by atoms with E-state index in [2.05, 4.69) is 15.1 Å². The van der Waals surface area contributed by atoms with Gasteiger partial charge in [-0.1, -0.05) is 47.3 Å². The Morgan fingerprint density at radius 1 is 1.32 bits per heavy atom. The summed E-state index contributed by atoms with van der Waals surface area (Å²) in [5.41, 5.74) is 1.75. The number of aryl methyl sites for hydroxylation is 1. The molecule has 0 aliphatic heterocycles. The van der Waals surface area contributed by atoms with Crippen molar-refractivity contribution in [3.63, 3.8) is 0 Å². The van der Waals surface area contributed by atoms with Crippen molar-refractivity contribution >= 4 is 17.7 Å². The number of thioether (sulfide) groups is 1. The Balaban J connectivity index is 1.82. The number of ether oxygens (including phenoxy) is 1. The third kappa shape index (κ3) is 3.80. The number of carbonyl (C=O) groups is 1. The van der Waals surface area contributed by atoms with Gasteiger partial charge < -0.3 is 14.2 Å². The number of benzene rings is 1. The number of carbonyl (C=O) groups excluding carboxylic acids is 1. The highest BCUT2D eigenvalue weighted by atomic mass is 32.2. The summed E-state index contributed by atoms with van der Waals surface area (Å²) in [6, 6.07) is 11.4. The third-order valence-electron chi connectivity index (χ3n) is 3.45. The Morgan fingerprint density at radius 3 is 2.80 bits per heavy atom. The molecule has 0 bridgehead atoms. The zero-order valence-corrected chi connectivity index (χ0v) is 14.4. The quantitative estimate of drug-likeness (QED) is 0.426. The van der Waals surface area contributed by atoms with E-state index in [4.69, 9.17) is 9.26 Å². The predicted molar refractivity (Wildman–Crippen MR) is 92.4 cm³/mol. The van der Waals surface area contributed by atoms with Gasteiger partial charge in [-0.05, 0) is 6.92 Å². The van der Waals surface area contributed by atoms with E-state index in [0.29, 0.717) is 27.9 Å². The first-order chi connectivity index (χ1) is 12.1. The summed E-state index contributed by atoms with van der Waals surface area (Å²) < 4.78 is 10.1. The van der Waals surface area contributed by atoms with Gasteiger partial charge in [0.25, 0.3) is 0 Å². The van der Waals surface area contributed by atoms with E-state index in [9.17, 15) is 9.59 Å². The van der Waals surface area contributed by atoms with Gasteiger partial charge in [0.15, 0.2) is 5.76 Å². The second-order valence-corrected chi connectivity index (χ2v) is 6.14. The lowest BCUT2D eigenvalue weighted by Crippen LogP contribution is -2.19. The maximum Gasteiger partial charge on any atom is 0.346 e. The zero-order valence-electron chi connectivity index (χ0n) is 13.6. The molecule has 1 aromatic carbocycles. The molecule has 0 spiro atoms. The molecular weight excluding hydrogens is 342 g/mol. The predicted octanol–water partition coefficient (Wildman–Crippen LogP) is 2.81. The Morgan fingerprint density at radius 2 is 2.08 bits per heavy atom. The molecule has 3 rings (SSSR count). The molecule has 0 atom stereocenters. The topological polar surface area (TPSA) is 98.1 Å². The van der Waals surface area contributed by atoms with E-state index < -0.39 is 11.7 Å². The first-order valence-electron chi connectivity index (χ1n) is 7.41. The lowest BCUT2D eigenvalue weighted by Gasteiger charge is -2.07. The second kappa shape index (κ2) is 7.35. The summed E-state index contributed by atoms with van der Waals surface area (Å²) in [6.07, 6.45) is 0. The number of nitrogens with one attached hydrogen (secondary N) is 1. The number of H-pyrrole nitrogens is 1. The molecule has 7 nitrogen and oxygen atoms in total. The number of hydrogen-bond acceptors (Lipinski definition) is 7. The van der Waals surface area contributed by atoms with Crippen LogP contribution in [0.15, 0.2) is 50.7 Å². The summed E-state index contributed by atoms with van der Waals surface area (Å²) in [6.45, 7) is 1.63. The van der Waals surface area contributed by atoms with Crippen LogP contribution in [0, 0.1) is 6.92 Å². The van der Waals surface area contributed by atoms with Gasteiger partial charge >= 0.3 is 11.7 Å². The molecular formula is C17H15N3O4S.